The predicted molar refractivity (Wildman–Crippen MR) is 62.5 cm³/mol. The van der Waals surface area contributed by atoms with Crippen LogP contribution in [0.3, 0.4) is 0 Å². The van der Waals surface area contributed by atoms with Gasteiger partial charge in [0.05, 0.1) is 6.17 Å². The van der Waals surface area contributed by atoms with Gasteiger partial charge in [-0.15, -0.1) is 0 Å². The number of hydrogen-bond acceptors (Lipinski definition) is 5. The maximum absolute atomic E-state index is 5.52. The van der Waals surface area contributed by atoms with Crippen molar-refractivity contribution < 1.29 is 4.42 Å². The summed E-state index contributed by atoms with van der Waals surface area (Å²) in [4.78, 5) is 6.29. The maximum Gasteiger partial charge on any atom is 0.192 e. The van der Waals surface area contributed by atoms with Crippen LogP contribution in [0.1, 0.15) is 17.6 Å². The van der Waals surface area contributed by atoms with Crippen molar-refractivity contribution >= 4 is 11.1 Å². The van der Waals surface area contributed by atoms with Crippen LogP contribution < -0.4 is 11.3 Å². The minimum atomic E-state index is -0.0265. The number of benzene rings is 1. The molecule has 5 nitrogen and oxygen atoms in total. The highest BCUT2D eigenvalue weighted by Gasteiger charge is 2.13. The number of rotatable bonds is 3. The summed E-state index contributed by atoms with van der Waals surface area (Å²) in [6.45, 7) is 1.84. The fraction of sp³-hybridized carbons (Fsp3) is 0.364. The van der Waals surface area contributed by atoms with E-state index in [9.17, 15) is 0 Å². The molecule has 0 radical (unpaired) electrons. The first-order valence-corrected chi connectivity index (χ1v) is 5.11. The van der Waals surface area contributed by atoms with Gasteiger partial charge in [0.15, 0.2) is 11.5 Å². The van der Waals surface area contributed by atoms with Gasteiger partial charge in [-0.1, -0.05) is 6.07 Å². The van der Waals surface area contributed by atoms with E-state index in [1.54, 1.807) is 0 Å². The normalized spacial score (nSPS) is 13.6. The monoisotopic (exact) mass is 220 g/mol. The summed E-state index contributed by atoms with van der Waals surface area (Å²) in [6, 6.07) is 5.88. The lowest BCUT2D eigenvalue weighted by molar-refractivity contribution is 0.253. The molecule has 3 N–H and O–H groups in total. The molecule has 1 heterocycles. The molecule has 86 valence electrons. The van der Waals surface area contributed by atoms with Gasteiger partial charge in [-0.05, 0) is 31.8 Å². The molecule has 0 saturated carbocycles. The van der Waals surface area contributed by atoms with E-state index in [1.165, 1.54) is 0 Å². The lowest BCUT2D eigenvalue weighted by Crippen LogP contribution is -2.37. The van der Waals surface area contributed by atoms with Crippen LogP contribution in [0.2, 0.25) is 0 Å². The van der Waals surface area contributed by atoms with Crippen LogP contribution in [0.25, 0.3) is 11.1 Å². The zero-order valence-electron chi connectivity index (χ0n) is 9.69. The number of aromatic nitrogens is 1. The molecule has 1 atom stereocenters. The van der Waals surface area contributed by atoms with Crippen molar-refractivity contribution in [2.24, 2.45) is 5.84 Å². The van der Waals surface area contributed by atoms with Crippen molar-refractivity contribution in [1.29, 1.82) is 0 Å². The van der Waals surface area contributed by atoms with Gasteiger partial charge in [0.25, 0.3) is 0 Å². The van der Waals surface area contributed by atoms with Gasteiger partial charge < -0.3 is 4.42 Å². The average Bonchev–Trinajstić information content (AvgIpc) is 2.57. The molecule has 16 heavy (non-hydrogen) atoms. The molecule has 5 heteroatoms. The van der Waals surface area contributed by atoms with E-state index in [4.69, 9.17) is 10.3 Å². The Morgan fingerprint density at radius 3 is 2.81 bits per heavy atom. The molecule has 0 fully saturated rings. The second-order valence-electron chi connectivity index (χ2n) is 3.99. The zero-order valence-corrected chi connectivity index (χ0v) is 9.69. The molecule has 0 amide bonds. The summed E-state index contributed by atoms with van der Waals surface area (Å²) in [5.74, 6) is 6.19. The molecule has 0 saturated heterocycles. The molecule has 0 aliphatic rings. The van der Waals surface area contributed by atoms with Crippen LogP contribution in [0.5, 0.6) is 0 Å². The highest BCUT2D eigenvalue weighted by Crippen LogP contribution is 2.21. The molecular weight excluding hydrogens is 204 g/mol. The first kappa shape index (κ1) is 11.1. The lowest BCUT2D eigenvalue weighted by Gasteiger charge is -2.23. The molecule has 0 aliphatic heterocycles. The van der Waals surface area contributed by atoms with Crippen LogP contribution in [0.15, 0.2) is 22.6 Å². The molecular formula is C11H16N4O. The third kappa shape index (κ3) is 1.92. The lowest BCUT2D eigenvalue weighted by atomic mass is 10.1. The Bertz CT molecular complexity index is 492. The Balaban J connectivity index is 2.44. The summed E-state index contributed by atoms with van der Waals surface area (Å²) in [6.07, 6.45) is -0.0265. The van der Waals surface area contributed by atoms with E-state index in [-0.39, 0.29) is 6.17 Å². The van der Waals surface area contributed by atoms with Crippen LogP contribution in [0, 0.1) is 6.92 Å². The quantitative estimate of drug-likeness (QED) is 0.461. The fourth-order valence-electron chi connectivity index (χ4n) is 1.77. The predicted octanol–water partition coefficient (Wildman–Crippen LogP) is 1.16. The van der Waals surface area contributed by atoms with Crippen molar-refractivity contribution in [1.82, 2.24) is 15.3 Å². The van der Waals surface area contributed by atoms with Crippen molar-refractivity contribution in [2.75, 3.05) is 14.1 Å². The van der Waals surface area contributed by atoms with Crippen molar-refractivity contribution in [3.05, 3.63) is 29.7 Å². The first-order chi connectivity index (χ1) is 7.61. The SMILES string of the molecule is Cc1nc2cc(C(NN)N(C)C)ccc2o1. The van der Waals surface area contributed by atoms with Crippen LogP contribution >= 0.6 is 0 Å². The average molecular weight is 220 g/mol. The van der Waals surface area contributed by atoms with Crippen LogP contribution in [-0.2, 0) is 0 Å². The largest absolute Gasteiger partial charge is 0.441 e. The number of fused-ring (bicyclic) bond motifs is 1. The minimum absolute atomic E-state index is 0.0265. The van der Waals surface area contributed by atoms with Gasteiger partial charge >= 0.3 is 0 Å². The topological polar surface area (TPSA) is 67.3 Å². The summed E-state index contributed by atoms with van der Waals surface area (Å²) < 4.78 is 5.42. The molecule has 1 unspecified atom stereocenters. The van der Waals surface area contributed by atoms with E-state index in [0.29, 0.717) is 5.89 Å². The molecule has 1 aromatic heterocycles. The van der Waals surface area contributed by atoms with E-state index in [2.05, 4.69) is 10.4 Å². The third-order valence-electron chi connectivity index (χ3n) is 2.51. The number of nitrogens with one attached hydrogen (secondary N) is 1. The highest BCUT2D eigenvalue weighted by atomic mass is 16.3. The smallest absolute Gasteiger partial charge is 0.192 e. The summed E-state index contributed by atoms with van der Waals surface area (Å²) in [7, 11) is 3.92. The molecule has 0 aliphatic carbocycles. The highest BCUT2D eigenvalue weighted by molar-refractivity contribution is 5.73. The standard InChI is InChI=1S/C11H16N4O/c1-7-13-9-6-8(4-5-10(9)16-7)11(14-12)15(2)3/h4-6,11,14H,12H2,1-3H3. The second-order valence-corrected chi connectivity index (χ2v) is 3.99. The first-order valence-electron chi connectivity index (χ1n) is 5.11. The summed E-state index contributed by atoms with van der Waals surface area (Å²) in [5, 5.41) is 0. The third-order valence-corrected chi connectivity index (χ3v) is 2.51. The number of oxazole rings is 1. The van der Waals surface area contributed by atoms with Gasteiger partial charge in [-0.3, -0.25) is 10.7 Å². The van der Waals surface area contributed by atoms with E-state index in [1.807, 2.05) is 44.1 Å². The van der Waals surface area contributed by atoms with Gasteiger partial charge in [0.1, 0.15) is 5.52 Å². The number of hydrazine groups is 1. The van der Waals surface area contributed by atoms with Crippen LogP contribution in [0.4, 0.5) is 0 Å². The Morgan fingerprint density at radius 1 is 1.44 bits per heavy atom. The van der Waals surface area contributed by atoms with E-state index in [0.717, 1.165) is 16.7 Å². The molecule has 0 bridgehead atoms. The zero-order chi connectivity index (χ0) is 11.7. The molecule has 0 spiro atoms. The maximum atomic E-state index is 5.52. The summed E-state index contributed by atoms with van der Waals surface area (Å²) >= 11 is 0. The Hall–Kier alpha value is -1.43. The van der Waals surface area contributed by atoms with E-state index < -0.39 is 0 Å². The Labute approximate surface area is 94.2 Å². The molecule has 2 rings (SSSR count). The number of nitrogens with two attached hydrogens (primary N) is 1. The number of aryl methyl sites for hydroxylation is 1. The molecule has 1 aromatic carbocycles. The van der Waals surface area contributed by atoms with Gasteiger partial charge in [0.2, 0.25) is 0 Å². The van der Waals surface area contributed by atoms with Crippen molar-refractivity contribution in [3.63, 3.8) is 0 Å². The fourth-order valence-corrected chi connectivity index (χ4v) is 1.77. The van der Waals surface area contributed by atoms with Crippen molar-refractivity contribution in [3.8, 4) is 0 Å². The minimum Gasteiger partial charge on any atom is -0.441 e. The van der Waals surface area contributed by atoms with Gasteiger partial charge in [-0.25, -0.2) is 10.4 Å². The van der Waals surface area contributed by atoms with Gasteiger partial charge in [-0.2, -0.15) is 0 Å². The number of hydrogen-bond donors (Lipinski definition) is 2. The van der Waals surface area contributed by atoms with Gasteiger partial charge in [0, 0.05) is 6.92 Å². The molecule has 2 aromatic rings. The second kappa shape index (κ2) is 4.21. The van der Waals surface area contributed by atoms with E-state index >= 15 is 0 Å². The summed E-state index contributed by atoms with van der Waals surface area (Å²) in [5.41, 5.74) is 5.48. The Morgan fingerprint density at radius 2 is 2.19 bits per heavy atom. The van der Waals surface area contributed by atoms with Crippen LogP contribution in [-0.4, -0.2) is 24.0 Å². The Kier molecular flexibility index (Phi) is 2.91. The number of nitrogens with zero attached hydrogens (tertiary/aromatic N) is 2. The van der Waals surface area contributed by atoms with Crippen molar-refractivity contribution in [2.45, 2.75) is 13.1 Å².